The summed E-state index contributed by atoms with van der Waals surface area (Å²) in [5, 5.41) is 0. The molecule has 0 radical (unpaired) electrons. The number of hydrogen-bond donors (Lipinski definition) is 1. The van der Waals surface area contributed by atoms with Crippen LogP contribution in [0.4, 0.5) is 11.4 Å². The SMILES string of the molecule is Cc1ccc(N=CC2=CN=CCC2)c(C)c1N. The second-order valence-electron chi connectivity index (χ2n) is 4.27. The van der Waals surface area contributed by atoms with Crippen molar-refractivity contribution in [2.45, 2.75) is 26.7 Å². The lowest BCUT2D eigenvalue weighted by atomic mass is 10.1. The van der Waals surface area contributed by atoms with E-state index in [0.29, 0.717) is 0 Å². The minimum Gasteiger partial charge on any atom is -0.398 e. The van der Waals surface area contributed by atoms with Gasteiger partial charge in [0, 0.05) is 24.3 Å². The summed E-state index contributed by atoms with van der Waals surface area (Å²) in [6.45, 7) is 4.01. The standard InChI is InChI=1S/C14H17N3/c1-10-5-6-13(11(2)14(10)15)17-9-12-4-3-7-16-8-12/h5-9H,3-4,15H2,1-2H3. The molecular weight excluding hydrogens is 210 g/mol. The zero-order chi connectivity index (χ0) is 12.3. The van der Waals surface area contributed by atoms with Gasteiger partial charge in [-0.25, -0.2) is 0 Å². The molecule has 2 N–H and O–H groups in total. The summed E-state index contributed by atoms with van der Waals surface area (Å²) in [4.78, 5) is 8.61. The van der Waals surface area contributed by atoms with Gasteiger partial charge in [0.2, 0.25) is 0 Å². The maximum atomic E-state index is 5.98. The lowest BCUT2D eigenvalue weighted by molar-refractivity contribution is 1.05. The van der Waals surface area contributed by atoms with E-state index < -0.39 is 0 Å². The number of aryl methyl sites for hydroxylation is 1. The predicted molar refractivity (Wildman–Crippen MR) is 74.3 cm³/mol. The molecule has 0 spiro atoms. The summed E-state index contributed by atoms with van der Waals surface area (Å²) in [6.07, 6.45) is 7.67. The lowest BCUT2D eigenvalue weighted by Crippen LogP contribution is -1.94. The average molecular weight is 227 g/mol. The molecule has 0 unspecified atom stereocenters. The van der Waals surface area contributed by atoms with Gasteiger partial charge in [0.05, 0.1) is 5.69 Å². The number of nitrogen functional groups attached to an aromatic ring is 1. The van der Waals surface area contributed by atoms with Crippen LogP contribution >= 0.6 is 0 Å². The van der Waals surface area contributed by atoms with Crippen LogP contribution < -0.4 is 5.73 Å². The zero-order valence-electron chi connectivity index (χ0n) is 10.3. The molecule has 0 saturated carbocycles. The summed E-state index contributed by atoms with van der Waals surface area (Å²) in [5.41, 5.74) is 11.0. The van der Waals surface area contributed by atoms with Gasteiger partial charge in [-0.15, -0.1) is 0 Å². The first-order valence-corrected chi connectivity index (χ1v) is 5.79. The lowest BCUT2D eigenvalue weighted by Gasteiger charge is -2.07. The van der Waals surface area contributed by atoms with E-state index in [9.17, 15) is 0 Å². The maximum Gasteiger partial charge on any atom is 0.0679 e. The molecule has 0 aliphatic carbocycles. The molecule has 2 rings (SSSR count). The Morgan fingerprint density at radius 1 is 1.35 bits per heavy atom. The van der Waals surface area contributed by atoms with Crippen molar-refractivity contribution < 1.29 is 0 Å². The first kappa shape index (κ1) is 11.6. The Balaban J connectivity index is 2.24. The van der Waals surface area contributed by atoms with Crippen molar-refractivity contribution in [3.8, 4) is 0 Å². The molecule has 0 atom stereocenters. The second-order valence-corrected chi connectivity index (χ2v) is 4.27. The van der Waals surface area contributed by atoms with Crippen molar-refractivity contribution in [2.24, 2.45) is 9.98 Å². The van der Waals surface area contributed by atoms with Crippen LogP contribution in [0.15, 0.2) is 33.9 Å². The zero-order valence-corrected chi connectivity index (χ0v) is 10.3. The van der Waals surface area contributed by atoms with Gasteiger partial charge in [-0.2, -0.15) is 0 Å². The van der Waals surface area contributed by atoms with Crippen LogP contribution in [0, 0.1) is 13.8 Å². The molecule has 0 amide bonds. The topological polar surface area (TPSA) is 50.7 Å². The number of hydrogen-bond acceptors (Lipinski definition) is 3. The number of rotatable bonds is 2. The van der Waals surface area contributed by atoms with Crippen LogP contribution in [0.5, 0.6) is 0 Å². The van der Waals surface area contributed by atoms with E-state index in [1.165, 1.54) is 0 Å². The average Bonchev–Trinajstić information content (AvgIpc) is 2.36. The number of allylic oxidation sites excluding steroid dienone is 1. The van der Waals surface area contributed by atoms with Gasteiger partial charge in [-0.3, -0.25) is 9.98 Å². The molecule has 1 aliphatic rings. The number of nitrogens with two attached hydrogens (primary N) is 1. The highest BCUT2D eigenvalue weighted by molar-refractivity contribution is 5.84. The Kier molecular flexibility index (Phi) is 3.38. The highest BCUT2D eigenvalue weighted by atomic mass is 14.7. The van der Waals surface area contributed by atoms with Crippen LogP contribution in [0.1, 0.15) is 24.0 Å². The Hall–Kier alpha value is -1.90. The van der Waals surface area contributed by atoms with E-state index in [1.54, 1.807) is 0 Å². The molecule has 0 fully saturated rings. The van der Waals surface area contributed by atoms with Gasteiger partial charge in [0.25, 0.3) is 0 Å². The fraction of sp³-hybridized carbons (Fsp3) is 0.286. The third kappa shape index (κ3) is 2.61. The van der Waals surface area contributed by atoms with E-state index >= 15 is 0 Å². The first-order chi connectivity index (χ1) is 8.18. The summed E-state index contributed by atoms with van der Waals surface area (Å²) >= 11 is 0. The number of aliphatic imine (C=N–C) groups is 2. The first-order valence-electron chi connectivity index (χ1n) is 5.79. The molecule has 1 aromatic carbocycles. The van der Waals surface area contributed by atoms with Crippen LogP contribution in [0.3, 0.4) is 0 Å². The Morgan fingerprint density at radius 3 is 2.88 bits per heavy atom. The normalized spacial score (nSPS) is 15.3. The van der Waals surface area contributed by atoms with Crippen molar-refractivity contribution in [3.05, 3.63) is 35.0 Å². The molecule has 1 aromatic rings. The molecular formula is C14H17N3. The van der Waals surface area contributed by atoms with Crippen molar-refractivity contribution in [2.75, 3.05) is 5.73 Å². The molecule has 0 bridgehead atoms. The highest BCUT2D eigenvalue weighted by Crippen LogP contribution is 2.26. The third-order valence-corrected chi connectivity index (χ3v) is 2.98. The van der Waals surface area contributed by atoms with Gasteiger partial charge < -0.3 is 5.73 Å². The molecule has 3 nitrogen and oxygen atoms in total. The van der Waals surface area contributed by atoms with Crippen molar-refractivity contribution in [1.82, 2.24) is 0 Å². The van der Waals surface area contributed by atoms with Crippen LogP contribution in [-0.4, -0.2) is 12.4 Å². The molecule has 3 heteroatoms. The van der Waals surface area contributed by atoms with Gasteiger partial charge in [0.1, 0.15) is 0 Å². The van der Waals surface area contributed by atoms with Gasteiger partial charge in [0.15, 0.2) is 0 Å². The van der Waals surface area contributed by atoms with Crippen LogP contribution in [0.2, 0.25) is 0 Å². The van der Waals surface area contributed by atoms with Crippen molar-refractivity contribution in [3.63, 3.8) is 0 Å². The Labute approximate surface area is 102 Å². The minimum atomic E-state index is 0.829. The molecule has 88 valence electrons. The number of benzene rings is 1. The summed E-state index contributed by atoms with van der Waals surface area (Å²) in [5.74, 6) is 0. The number of anilines is 1. The van der Waals surface area contributed by atoms with E-state index in [-0.39, 0.29) is 0 Å². The Bertz CT molecular complexity index is 510. The third-order valence-electron chi connectivity index (χ3n) is 2.98. The molecule has 1 aliphatic heterocycles. The number of nitrogens with zero attached hydrogens (tertiary/aromatic N) is 2. The van der Waals surface area contributed by atoms with Gasteiger partial charge in [-0.1, -0.05) is 6.07 Å². The summed E-state index contributed by atoms with van der Waals surface area (Å²) in [7, 11) is 0. The molecule has 17 heavy (non-hydrogen) atoms. The fourth-order valence-corrected chi connectivity index (χ4v) is 1.76. The van der Waals surface area contributed by atoms with E-state index in [0.717, 1.165) is 40.9 Å². The Morgan fingerprint density at radius 2 is 2.18 bits per heavy atom. The van der Waals surface area contributed by atoms with Gasteiger partial charge in [-0.05, 0) is 49.5 Å². The van der Waals surface area contributed by atoms with Crippen molar-refractivity contribution in [1.29, 1.82) is 0 Å². The fourth-order valence-electron chi connectivity index (χ4n) is 1.76. The van der Waals surface area contributed by atoms with Crippen LogP contribution in [0.25, 0.3) is 0 Å². The second kappa shape index (κ2) is 4.95. The van der Waals surface area contributed by atoms with Crippen molar-refractivity contribution >= 4 is 23.8 Å². The highest BCUT2D eigenvalue weighted by Gasteiger charge is 2.03. The summed E-state index contributed by atoms with van der Waals surface area (Å²) < 4.78 is 0. The van der Waals surface area contributed by atoms with Crippen LogP contribution in [-0.2, 0) is 0 Å². The maximum absolute atomic E-state index is 5.98. The molecule has 1 heterocycles. The minimum absolute atomic E-state index is 0.829. The van der Waals surface area contributed by atoms with E-state index in [1.807, 2.05) is 44.6 Å². The summed E-state index contributed by atoms with van der Waals surface area (Å²) in [6, 6.07) is 4.01. The largest absolute Gasteiger partial charge is 0.398 e. The monoisotopic (exact) mass is 227 g/mol. The van der Waals surface area contributed by atoms with E-state index in [4.69, 9.17) is 5.73 Å². The van der Waals surface area contributed by atoms with Gasteiger partial charge >= 0.3 is 0 Å². The smallest absolute Gasteiger partial charge is 0.0679 e. The molecule has 0 aromatic heterocycles. The molecule has 0 saturated heterocycles. The van der Waals surface area contributed by atoms with E-state index in [2.05, 4.69) is 9.98 Å². The predicted octanol–water partition coefficient (Wildman–Crippen LogP) is 3.34. The quantitative estimate of drug-likeness (QED) is 0.611.